The maximum absolute atomic E-state index is 8.51. The molecule has 114 valence electrons. The summed E-state index contributed by atoms with van der Waals surface area (Å²) in [5.41, 5.74) is 1.64. The molecule has 0 heterocycles. The van der Waals surface area contributed by atoms with E-state index < -0.39 is 0 Å². The van der Waals surface area contributed by atoms with Gasteiger partial charge in [-0.3, -0.25) is 0 Å². The predicted octanol–water partition coefficient (Wildman–Crippen LogP) is 4.75. The number of nitriles is 1. The van der Waals surface area contributed by atoms with Crippen LogP contribution in [0.15, 0.2) is 24.3 Å². The first-order valence-corrected chi connectivity index (χ1v) is 7.95. The van der Waals surface area contributed by atoms with E-state index in [0.29, 0.717) is 24.5 Å². The molecule has 0 spiro atoms. The Labute approximate surface area is 128 Å². The molecule has 0 radical (unpaired) electrons. The first-order valence-electron chi connectivity index (χ1n) is 7.95. The first-order chi connectivity index (χ1) is 10.1. The van der Waals surface area contributed by atoms with Crippen molar-refractivity contribution in [2.75, 3.05) is 11.9 Å². The number of nitrogens with zero attached hydrogens (tertiary/aromatic N) is 1. The van der Waals surface area contributed by atoms with E-state index in [2.05, 4.69) is 37.4 Å². The molecule has 1 aromatic carbocycles. The molecule has 1 aliphatic rings. The minimum Gasteiger partial charge on any atom is -0.493 e. The van der Waals surface area contributed by atoms with Crippen LogP contribution in [0.5, 0.6) is 5.75 Å². The van der Waals surface area contributed by atoms with Crippen LogP contribution in [-0.4, -0.2) is 12.6 Å². The number of anilines is 1. The lowest BCUT2D eigenvalue weighted by atomic mass is 9.75. The van der Waals surface area contributed by atoms with Gasteiger partial charge in [0.05, 0.1) is 12.7 Å². The summed E-state index contributed by atoms with van der Waals surface area (Å²) in [5, 5.41) is 12.1. The molecule has 1 aliphatic carbocycles. The Hall–Kier alpha value is -1.69. The van der Waals surface area contributed by atoms with E-state index in [0.717, 1.165) is 17.9 Å². The average molecular weight is 286 g/mol. The maximum atomic E-state index is 8.51. The van der Waals surface area contributed by atoms with Crippen LogP contribution in [0.25, 0.3) is 0 Å². The van der Waals surface area contributed by atoms with Crippen LogP contribution in [0.2, 0.25) is 0 Å². The van der Waals surface area contributed by atoms with Gasteiger partial charge in [0.1, 0.15) is 5.75 Å². The Bertz CT molecular complexity index is 480. The molecule has 1 fully saturated rings. The van der Waals surface area contributed by atoms with Gasteiger partial charge in [-0.1, -0.05) is 19.9 Å². The fourth-order valence-electron chi connectivity index (χ4n) is 2.80. The van der Waals surface area contributed by atoms with Crippen molar-refractivity contribution in [3.63, 3.8) is 0 Å². The predicted molar refractivity (Wildman–Crippen MR) is 86.4 cm³/mol. The summed E-state index contributed by atoms with van der Waals surface area (Å²) in [7, 11) is 0. The Balaban J connectivity index is 1.82. The highest BCUT2D eigenvalue weighted by Crippen LogP contribution is 2.36. The third-order valence-electron chi connectivity index (χ3n) is 4.25. The van der Waals surface area contributed by atoms with Crippen molar-refractivity contribution < 1.29 is 4.74 Å². The molecular formula is C18H26N2O. The summed E-state index contributed by atoms with van der Waals surface area (Å²) < 4.78 is 5.68. The van der Waals surface area contributed by atoms with Gasteiger partial charge in [0.25, 0.3) is 0 Å². The summed E-state index contributed by atoms with van der Waals surface area (Å²) in [5.74, 6) is 0.883. The maximum Gasteiger partial charge on any atom is 0.121 e. The molecule has 0 aliphatic heterocycles. The fourth-order valence-corrected chi connectivity index (χ4v) is 2.80. The highest BCUT2D eigenvalue weighted by atomic mass is 16.5. The average Bonchev–Trinajstić information content (AvgIpc) is 2.46. The molecule has 0 aromatic heterocycles. The summed E-state index contributed by atoms with van der Waals surface area (Å²) in [6, 6.07) is 10.9. The van der Waals surface area contributed by atoms with E-state index in [1.165, 1.54) is 25.7 Å². The second-order valence-corrected chi connectivity index (χ2v) is 6.72. The Morgan fingerprint density at radius 3 is 2.81 bits per heavy atom. The van der Waals surface area contributed by atoms with Crippen molar-refractivity contribution in [3.8, 4) is 11.8 Å². The van der Waals surface area contributed by atoms with Gasteiger partial charge in [-0.25, -0.2) is 0 Å². The standard InChI is InChI=1S/C18H26N2O/c1-18(2)10-8-15(9-11-18)20-16-6-5-7-17(14-16)21-13-4-3-12-19/h5-7,14-15,20H,3-4,8-11,13H2,1-2H3. The molecule has 0 bridgehead atoms. The fraction of sp³-hybridized carbons (Fsp3) is 0.611. The summed E-state index contributed by atoms with van der Waals surface area (Å²) in [6.45, 7) is 5.33. The molecule has 3 nitrogen and oxygen atoms in total. The van der Waals surface area contributed by atoms with Gasteiger partial charge < -0.3 is 10.1 Å². The second kappa shape index (κ2) is 7.36. The van der Waals surface area contributed by atoms with Crippen LogP contribution < -0.4 is 10.1 Å². The van der Waals surface area contributed by atoms with E-state index in [4.69, 9.17) is 10.00 Å². The molecule has 21 heavy (non-hydrogen) atoms. The SMILES string of the molecule is CC1(C)CCC(Nc2cccc(OCCCC#N)c2)CC1. The van der Waals surface area contributed by atoms with Gasteiger partial charge in [-0.15, -0.1) is 0 Å². The van der Waals surface area contributed by atoms with E-state index in [-0.39, 0.29) is 0 Å². The normalized spacial score (nSPS) is 18.0. The number of unbranched alkanes of at least 4 members (excludes halogenated alkanes) is 1. The lowest BCUT2D eigenvalue weighted by Gasteiger charge is -2.35. The Morgan fingerprint density at radius 1 is 1.33 bits per heavy atom. The van der Waals surface area contributed by atoms with Gasteiger partial charge in [0.15, 0.2) is 0 Å². The lowest BCUT2D eigenvalue weighted by molar-refractivity contribution is 0.232. The molecular weight excluding hydrogens is 260 g/mol. The molecule has 2 rings (SSSR count). The highest BCUT2D eigenvalue weighted by Gasteiger charge is 2.26. The number of hydrogen-bond donors (Lipinski definition) is 1. The molecule has 0 atom stereocenters. The van der Waals surface area contributed by atoms with Crippen molar-refractivity contribution in [2.24, 2.45) is 5.41 Å². The number of rotatable bonds is 6. The topological polar surface area (TPSA) is 45.0 Å². The van der Waals surface area contributed by atoms with Crippen LogP contribution in [0.1, 0.15) is 52.4 Å². The monoisotopic (exact) mass is 286 g/mol. The minimum atomic E-state index is 0.504. The summed E-state index contributed by atoms with van der Waals surface area (Å²) in [4.78, 5) is 0. The molecule has 1 N–H and O–H groups in total. The molecule has 3 heteroatoms. The number of benzene rings is 1. The van der Waals surface area contributed by atoms with E-state index >= 15 is 0 Å². The molecule has 0 unspecified atom stereocenters. The third kappa shape index (κ3) is 5.30. The van der Waals surface area contributed by atoms with E-state index in [9.17, 15) is 0 Å². The first kappa shape index (κ1) is 15.7. The van der Waals surface area contributed by atoms with Gasteiger partial charge in [-0.2, -0.15) is 5.26 Å². The lowest BCUT2D eigenvalue weighted by Crippen LogP contribution is -2.29. The number of nitrogens with one attached hydrogen (secondary N) is 1. The van der Waals surface area contributed by atoms with Gasteiger partial charge >= 0.3 is 0 Å². The van der Waals surface area contributed by atoms with Gasteiger partial charge in [0.2, 0.25) is 0 Å². The summed E-state index contributed by atoms with van der Waals surface area (Å²) >= 11 is 0. The highest BCUT2D eigenvalue weighted by molar-refractivity contribution is 5.48. The minimum absolute atomic E-state index is 0.504. The zero-order valence-corrected chi connectivity index (χ0v) is 13.2. The molecule has 0 saturated heterocycles. The molecule has 0 amide bonds. The zero-order chi connectivity index (χ0) is 15.1. The van der Waals surface area contributed by atoms with E-state index in [1.54, 1.807) is 0 Å². The van der Waals surface area contributed by atoms with Crippen molar-refractivity contribution >= 4 is 5.69 Å². The number of ether oxygens (including phenoxy) is 1. The van der Waals surface area contributed by atoms with Crippen molar-refractivity contribution in [1.29, 1.82) is 5.26 Å². The quantitative estimate of drug-likeness (QED) is 0.767. The van der Waals surface area contributed by atoms with Crippen LogP contribution in [0.3, 0.4) is 0 Å². The van der Waals surface area contributed by atoms with E-state index in [1.807, 2.05) is 12.1 Å². The van der Waals surface area contributed by atoms with Gasteiger partial charge in [0, 0.05) is 24.2 Å². The largest absolute Gasteiger partial charge is 0.493 e. The Kier molecular flexibility index (Phi) is 5.50. The van der Waals surface area contributed by atoms with Crippen molar-refractivity contribution in [1.82, 2.24) is 0 Å². The van der Waals surface area contributed by atoms with Crippen molar-refractivity contribution in [3.05, 3.63) is 24.3 Å². The van der Waals surface area contributed by atoms with Crippen LogP contribution >= 0.6 is 0 Å². The Morgan fingerprint density at radius 2 is 2.10 bits per heavy atom. The molecule has 1 aromatic rings. The molecule has 1 saturated carbocycles. The number of hydrogen-bond acceptors (Lipinski definition) is 3. The second-order valence-electron chi connectivity index (χ2n) is 6.72. The summed E-state index contributed by atoms with van der Waals surface area (Å²) in [6.07, 6.45) is 6.38. The van der Waals surface area contributed by atoms with Crippen molar-refractivity contribution in [2.45, 2.75) is 58.4 Å². The zero-order valence-electron chi connectivity index (χ0n) is 13.2. The smallest absolute Gasteiger partial charge is 0.121 e. The third-order valence-corrected chi connectivity index (χ3v) is 4.25. The van der Waals surface area contributed by atoms with Crippen LogP contribution in [0.4, 0.5) is 5.69 Å². The van der Waals surface area contributed by atoms with Gasteiger partial charge in [-0.05, 0) is 49.7 Å². The van der Waals surface area contributed by atoms with Crippen LogP contribution in [-0.2, 0) is 0 Å². The van der Waals surface area contributed by atoms with Crippen LogP contribution in [0, 0.1) is 16.7 Å².